The van der Waals surface area contributed by atoms with E-state index in [1.54, 1.807) is 0 Å². The lowest BCUT2D eigenvalue weighted by molar-refractivity contribution is -0.151. The number of alkyl halides is 6. The second-order valence-corrected chi connectivity index (χ2v) is 3.94. The van der Waals surface area contributed by atoms with E-state index in [9.17, 15) is 31.1 Å². The molecular formula is C11H6F6N2O3. The van der Waals surface area contributed by atoms with E-state index in [2.05, 4.69) is 19.1 Å². The second-order valence-electron chi connectivity index (χ2n) is 3.94. The smallest absolute Gasteiger partial charge is 0.451 e. The van der Waals surface area contributed by atoms with Crippen LogP contribution in [0.3, 0.4) is 0 Å². The van der Waals surface area contributed by atoms with E-state index in [0.717, 1.165) is 0 Å². The lowest BCUT2D eigenvalue weighted by Crippen LogP contribution is -2.17. The molecule has 2 heterocycles. The van der Waals surface area contributed by atoms with E-state index in [1.165, 1.54) is 6.92 Å². The molecule has 0 radical (unpaired) electrons. The van der Waals surface area contributed by atoms with Crippen LogP contribution < -0.4 is 0 Å². The van der Waals surface area contributed by atoms with Crippen LogP contribution in [0.1, 0.15) is 29.0 Å². The molecule has 0 spiro atoms. The van der Waals surface area contributed by atoms with Gasteiger partial charge in [-0.3, -0.25) is 0 Å². The van der Waals surface area contributed by atoms with Crippen molar-refractivity contribution in [3.05, 3.63) is 23.3 Å². The number of nitrogens with zero attached hydrogens (tertiary/aromatic N) is 2. The lowest BCUT2D eigenvalue weighted by Gasteiger charge is -2.09. The molecule has 5 nitrogen and oxygen atoms in total. The Bertz CT molecular complexity index is 719. The molecule has 0 aromatic carbocycles. The first-order chi connectivity index (χ1) is 10.0. The van der Waals surface area contributed by atoms with Crippen LogP contribution in [0, 0.1) is 0 Å². The molecule has 0 atom stereocenters. The van der Waals surface area contributed by atoms with E-state index < -0.39 is 46.7 Å². The molecular weight excluding hydrogens is 322 g/mol. The highest BCUT2D eigenvalue weighted by atomic mass is 19.4. The number of aromatic nitrogens is 2. The number of hydrogen-bond donors (Lipinski definition) is 0. The third-order valence-corrected chi connectivity index (χ3v) is 2.39. The molecule has 2 rings (SSSR count). The van der Waals surface area contributed by atoms with Gasteiger partial charge < -0.3 is 9.15 Å². The largest absolute Gasteiger partial charge is 0.460 e. The van der Waals surface area contributed by atoms with Gasteiger partial charge in [-0.1, -0.05) is 0 Å². The Kier molecular flexibility index (Phi) is 3.75. The number of hydrogen-bond acceptors (Lipinski definition) is 5. The minimum Gasteiger partial charge on any atom is -0.460 e. The standard InChI is InChI=1S/C11H6F6N2O3/c1-2-21-8(20)5-3-4-6(10(12,13)14)18-9(11(15,16)17)19-7(4)22-5/h3H,2H2,1H3. The van der Waals surface area contributed by atoms with Crippen molar-refractivity contribution in [2.75, 3.05) is 6.61 Å². The van der Waals surface area contributed by atoms with Crippen molar-refractivity contribution < 1.29 is 40.3 Å². The Balaban J connectivity index is 2.70. The zero-order valence-electron chi connectivity index (χ0n) is 10.7. The van der Waals surface area contributed by atoms with Gasteiger partial charge in [0.2, 0.25) is 17.3 Å². The molecule has 11 heteroatoms. The summed E-state index contributed by atoms with van der Waals surface area (Å²) in [6.45, 7) is 1.34. The fourth-order valence-corrected chi connectivity index (χ4v) is 1.57. The Morgan fingerprint density at radius 2 is 1.82 bits per heavy atom. The Morgan fingerprint density at radius 3 is 2.32 bits per heavy atom. The molecule has 0 aliphatic heterocycles. The molecule has 0 unspecified atom stereocenters. The van der Waals surface area contributed by atoms with Crippen molar-refractivity contribution in [1.82, 2.24) is 9.97 Å². The Hall–Kier alpha value is -2.33. The molecule has 0 bridgehead atoms. The van der Waals surface area contributed by atoms with E-state index in [-0.39, 0.29) is 6.61 Å². The number of furan rings is 1. The number of carbonyl (C=O) groups is 1. The van der Waals surface area contributed by atoms with Crippen molar-refractivity contribution in [2.45, 2.75) is 19.3 Å². The van der Waals surface area contributed by atoms with Crippen LogP contribution in [0.25, 0.3) is 11.1 Å². The van der Waals surface area contributed by atoms with Gasteiger partial charge >= 0.3 is 18.3 Å². The average Bonchev–Trinajstić information content (AvgIpc) is 2.79. The van der Waals surface area contributed by atoms with Crippen molar-refractivity contribution >= 4 is 17.1 Å². The summed E-state index contributed by atoms with van der Waals surface area (Å²) < 4.78 is 85.2. The van der Waals surface area contributed by atoms with Crippen LogP contribution in [0.5, 0.6) is 0 Å². The fraction of sp³-hybridized carbons (Fsp3) is 0.364. The summed E-state index contributed by atoms with van der Waals surface area (Å²) in [5.74, 6) is -3.84. The minimum atomic E-state index is -5.20. The first kappa shape index (κ1) is 16.0. The fourth-order valence-electron chi connectivity index (χ4n) is 1.57. The highest BCUT2D eigenvalue weighted by Gasteiger charge is 2.42. The first-order valence-corrected chi connectivity index (χ1v) is 5.67. The monoisotopic (exact) mass is 328 g/mol. The summed E-state index contributed by atoms with van der Waals surface area (Å²) in [7, 11) is 0. The molecule has 0 saturated carbocycles. The molecule has 22 heavy (non-hydrogen) atoms. The van der Waals surface area contributed by atoms with Crippen molar-refractivity contribution in [3.63, 3.8) is 0 Å². The van der Waals surface area contributed by atoms with Gasteiger partial charge in [0.05, 0.1) is 12.0 Å². The van der Waals surface area contributed by atoms with Gasteiger partial charge in [-0.25, -0.2) is 9.78 Å². The Labute approximate surface area is 117 Å². The SMILES string of the molecule is CCOC(=O)c1cc2c(C(F)(F)F)nc(C(F)(F)F)nc2o1. The average molecular weight is 328 g/mol. The molecule has 0 saturated heterocycles. The molecule has 0 N–H and O–H groups in total. The van der Waals surface area contributed by atoms with E-state index >= 15 is 0 Å². The molecule has 0 aliphatic carbocycles. The maximum atomic E-state index is 12.8. The highest BCUT2D eigenvalue weighted by Crippen LogP contribution is 2.37. The maximum Gasteiger partial charge on any atom is 0.451 e. The highest BCUT2D eigenvalue weighted by molar-refractivity contribution is 5.92. The zero-order chi connectivity index (χ0) is 16.7. The summed E-state index contributed by atoms with van der Waals surface area (Å²) in [5.41, 5.74) is -2.85. The normalized spacial score (nSPS) is 12.7. The summed E-state index contributed by atoms with van der Waals surface area (Å²) in [6, 6.07) is 0.594. The second kappa shape index (κ2) is 5.14. The molecule has 0 fully saturated rings. The van der Waals surface area contributed by atoms with E-state index in [4.69, 9.17) is 0 Å². The zero-order valence-corrected chi connectivity index (χ0v) is 10.7. The number of fused-ring (bicyclic) bond motifs is 1. The van der Waals surface area contributed by atoms with Gasteiger partial charge in [-0.15, -0.1) is 0 Å². The van der Waals surface area contributed by atoms with E-state index in [0.29, 0.717) is 6.07 Å². The minimum absolute atomic E-state index is 0.0957. The first-order valence-electron chi connectivity index (χ1n) is 5.67. The van der Waals surface area contributed by atoms with Gasteiger partial charge in [-0.05, 0) is 6.92 Å². The van der Waals surface area contributed by atoms with Crippen LogP contribution in [0.4, 0.5) is 26.3 Å². The van der Waals surface area contributed by atoms with Gasteiger partial charge in [0, 0.05) is 6.07 Å². The van der Waals surface area contributed by atoms with Crippen molar-refractivity contribution in [2.24, 2.45) is 0 Å². The van der Waals surface area contributed by atoms with E-state index in [1.807, 2.05) is 0 Å². The quantitative estimate of drug-likeness (QED) is 0.624. The number of ether oxygens (including phenoxy) is 1. The molecule has 120 valence electrons. The number of esters is 1. The molecule has 2 aromatic heterocycles. The number of carbonyl (C=O) groups excluding carboxylic acids is 1. The van der Waals surface area contributed by atoms with Crippen LogP contribution in [-0.4, -0.2) is 22.5 Å². The predicted octanol–water partition coefficient (Wildman–Crippen LogP) is 3.44. The summed E-state index contributed by atoms with van der Waals surface area (Å²) in [6.07, 6.45) is -10.4. The molecule has 2 aromatic rings. The van der Waals surface area contributed by atoms with Gasteiger partial charge in [-0.2, -0.15) is 31.3 Å². The summed E-state index contributed by atoms with van der Waals surface area (Å²) in [4.78, 5) is 16.8. The van der Waals surface area contributed by atoms with Gasteiger partial charge in [0.15, 0.2) is 5.69 Å². The van der Waals surface area contributed by atoms with Crippen molar-refractivity contribution in [3.8, 4) is 0 Å². The lowest BCUT2D eigenvalue weighted by atomic mass is 10.2. The van der Waals surface area contributed by atoms with Crippen molar-refractivity contribution in [1.29, 1.82) is 0 Å². The predicted molar refractivity (Wildman–Crippen MR) is 57.8 cm³/mol. The van der Waals surface area contributed by atoms with Crippen LogP contribution >= 0.6 is 0 Å². The third-order valence-electron chi connectivity index (χ3n) is 2.39. The summed E-state index contributed by atoms with van der Waals surface area (Å²) in [5, 5.41) is -0.858. The third kappa shape index (κ3) is 2.97. The Morgan fingerprint density at radius 1 is 1.18 bits per heavy atom. The topological polar surface area (TPSA) is 65.2 Å². The van der Waals surface area contributed by atoms with Crippen LogP contribution in [0.15, 0.2) is 10.5 Å². The molecule has 0 amide bonds. The van der Waals surface area contributed by atoms with Gasteiger partial charge in [0.25, 0.3) is 0 Å². The maximum absolute atomic E-state index is 12.8. The number of halogens is 6. The van der Waals surface area contributed by atoms with Crippen LogP contribution in [0.2, 0.25) is 0 Å². The van der Waals surface area contributed by atoms with Crippen LogP contribution in [-0.2, 0) is 17.1 Å². The summed E-state index contributed by atoms with van der Waals surface area (Å²) >= 11 is 0. The van der Waals surface area contributed by atoms with Gasteiger partial charge in [0.1, 0.15) is 0 Å². The number of rotatable bonds is 2. The molecule has 0 aliphatic rings.